The first-order valence-corrected chi connectivity index (χ1v) is 6.28. The fourth-order valence-corrected chi connectivity index (χ4v) is 2.43. The molecule has 1 fully saturated rings. The normalized spacial score (nSPS) is 18.2. The summed E-state index contributed by atoms with van der Waals surface area (Å²) in [5.74, 6) is -0.0136. The van der Waals surface area contributed by atoms with Crippen LogP contribution in [0.2, 0.25) is 0 Å². The van der Waals surface area contributed by atoms with E-state index in [1.165, 1.54) is 12.1 Å². The van der Waals surface area contributed by atoms with Crippen molar-refractivity contribution in [1.29, 1.82) is 0 Å². The van der Waals surface area contributed by atoms with Gasteiger partial charge >= 0.3 is 6.36 Å². The van der Waals surface area contributed by atoms with E-state index in [0.717, 1.165) is 25.9 Å². The second-order valence-corrected chi connectivity index (χ2v) is 4.70. The molecule has 3 N–H and O–H groups in total. The highest BCUT2D eigenvalue weighted by molar-refractivity contribution is 5.85. The molecule has 1 aliphatic rings. The van der Waals surface area contributed by atoms with E-state index in [1.54, 1.807) is 12.1 Å². The third-order valence-corrected chi connectivity index (χ3v) is 3.40. The molecule has 3 nitrogen and oxygen atoms in total. The fraction of sp³-hybridized carbons (Fsp3) is 0.538. The topological polar surface area (TPSA) is 47.3 Å². The first-order valence-electron chi connectivity index (χ1n) is 6.28. The number of rotatable bonds is 3. The molecule has 2 rings (SSSR count). The number of ether oxygens (including phenoxy) is 1. The summed E-state index contributed by atoms with van der Waals surface area (Å²) < 4.78 is 41.1. The summed E-state index contributed by atoms with van der Waals surface area (Å²) in [6.07, 6.45) is -2.97. The Balaban J connectivity index is 0.00000200. The van der Waals surface area contributed by atoms with Crippen LogP contribution in [0.3, 0.4) is 0 Å². The fourth-order valence-electron chi connectivity index (χ4n) is 2.43. The van der Waals surface area contributed by atoms with Gasteiger partial charge in [0.05, 0.1) is 0 Å². The molecule has 1 aliphatic heterocycles. The maximum atomic E-state index is 12.4. The lowest BCUT2D eigenvalue weighted by Crippen LogP contribution is -2.34. The third kappa shape index (κ3) is 4.54. The van der Waals surface area contributed by atoms with Crippen molar-refractivity contribution in [2.24, 2.45) is 11.7 Å². The Hall–Kier alpha value is -0.980. The number of alkyl halides is 3. The van der Waals surface area contributed by atoms with Crippen molar-refractivity contribution >= 4 is 12.4 Å². The summed E-state index contributed by atoms with van der Waals surface area (Å²) in [4.78, 5) is 0. The lowest BCUT2D eigenvalue weighted by molar-refractivity contribution is -0.275. The summed E-state index contributed by atoms with van der Waals surface area (Å²) in [6.45, 7) is 1.70. The van der Waals surface area contributed by atoms with Gasteiger partial charge in [-0.3, -0.25) is 0 Å². The molecule has 0 spiro atoms. The van der Waals surface area contributed by atoms with Gasteiger partial charge in [0.2, 0.25) is 0 Å². The smallest absolute Gasteiger partial charge is 0.405 e. The molecule has 1 aromatic rings. The molecule has 0 saturated carbocycles. The molecule has 1 aromatic carbocycles. The van der Waals surface area contributed by atoms with Crippen LogP contribution in [0.5, 0.6) is 5.75 Å². The van der Waals surface area contributed by atoms with Crippen LogP contribution in [0, 0.1) is 5.92 Å². The minimum absolute atomic E-state index is 0. The van der Waals surface area contributed by atoms with Crippen molar-refractivity contribution in [3.05, 3.63) is 29.8 Å². The average Bonchev–Trinajstić information content (AvgIpc) is 2.38. The molecule has 0 radical (unpaired) electrons. The number of nitrogens with one attached hydrogen (secondary N) is 1. The second kappa shape index (κ2) is 7.15. The molecule has 0 aromatic heterocycles. The van der Waals surface area contributed by atoms with E-state index in [-0.39, 0.29) is 24.1 Å². The zero-order valence-electron chi connectivity index (χ0n) is 10.8. The summed E-state index contributed by atoms with van der Waals surface area (Å²) >= 11 is 0. The van der Waals surface area contributed by atoms with E-state index >= 15 is 0 Å². The number of hydrogen-bond acceptors (Lipinski definition) is 3. The Bertz CT molecular complexity index is 422. The van der Waals surface area contributed by atoms with E-state index < -0.39 is 12.4 Å². The highest BCUT2D eigenvalue weighted by atomic mass is 35.5. The van der Waals surface area contributed by atoms with E-state index in [4.69, 9.17) is 5.73 Å². The van der Waals surface area contributed by atoms with Crippen LogP contribution in [0.1, 0.15) is 24.4 Å². The minimum Gasteiger partial charge on any atom is -0.405 e. The molecule has 7 heteroatoms. The van der Waals surface area contributed by atoms with Crippen LogP contribution in [-0.4, -0.2) is 19.5 Å². The zero-order valence-corrected chi connectivity index (χ0v) is 11.6. The monoisotopic (exact) mass is 310 g/mol. The maximum Gasteiger partial charge on any atom is 0.573 e. The quantitative estimate of drug-likeness (QED) is 0.902. The Morgan fingerprint density at radius 2 is 1.80 bits per heavy atom. The van der Waals surface area contributed by atoms with Crippen molar-refractivity contribution in [2.75, 3.05) is 13.1 Å². The average molecular weight is 311 g/mol. The van der Waals surface area contributed by atoms with Gasteiger partial charge in [0, 0.05) is 11.6 Å². The molecule has 20 heavy (non-hydrogen) atoms. The second-order valence-electron chi connectivity index (χ2n) is 4.70. The molecular formula is C13H18ClF3N2O. The van der Waals surface area contributed by atoms with Crippen LogP contribution in [0.25, 0.3) is 0 Å². The lowest BCUT2D eigenvalue weighted by Gasteiger charge is -2.29. The van der Waals surface area contributed by atoms with Gasteiger partial charge in [-0.25, -0.2) is 0 Å². The zero-order chi connectivity index (χ0) is 13.9. The van der Waals surface area contributed by atoms with Gasteiger partial charge in [-0.2, -0.15) is 0 Å². The third-order valence-electron chi connectivity index (χ3n) is 3.40. The molecule has 114 valence electrons. The van der Waals surface area contributed by atoms with E-state index in [1.807, 2.05) is 0 Å². The van der Waals surface area contributed by atoms with Gasteiger partial charge in [0.1, 0.15) is 5.75 Å². The summed E-state index contributed by atoms with van der Waals surface area (Å²) in [6, 6.07) is 5.68. The Kier molecular flexibility index (Phi) is 6.10. The Labute approximate surface area is 122 Å². The van der Waals surface area contributed by atoms with Crippen LogP contribution in [-0.2, 0) is 0 Å². The Morgan fingerprint density at radius 1 is 1.20 bits per heavy atom. The standard InChI is InChI=1S/C13H17F3N2O.ClH/c14-13(15,16)19-11-4-2-1-3-10(11)12(17)9-5-7-18-8-6-9;/h1-4,9,12,18H,5-8,17H2;1H/t12-;/m1./s1. The summed E-state index contributed by atoms with van der Waals surface area (Å²) in [5.41, 5.74) is 6.54. The van der Waals surface area contributed by atoms with Gasteiger partial charge in [-0.05, 0) is 37.9 Å². The molecule has 0 unspecified atom stereocenters. The lowest BCUT2D eigenvalue weighted by atomic mass is 9.86. The van der Waals surface area contributed by atoms with Crippen molar-refractivity contribution < 1.29 is 17.9 Å². The molecule has 1 atom stereocenters. The number of para-hydroxylation sites is 1. The minimum atomic E-state index is -4.69. The van der Waals surface area contributed by atoms with E-state index in [9.17, 15) is 13.2 Å². The predicted octanol–water partition coefficient (Wildman–Crippen LogP) is 3.01. The highest BCUT2D eigenvalue weighted by Crippen LogP contribution is 2.34. The van der Waals surface area contributed by atoms with Gasteiger partial charge in [0.15, 0.2) is 0 Å². The van der Waals surface area contributed by atoms with Crippen molar-refractivity contribution in [3.63, 3.8) is 0 Å². The van der Waals surface area contributed by atoms with Crippen LogP contribution in [0.4, 0.5) is 13.2 Å². The molecule has 0 amide bonds. The van der Waals surface area contributed by atoms with Crippen LogP contribution in [0.15, 0.2) is 24.3 Å². The number of halogens is 4. The molecule has 1 heterocycles. The van der Waals surface area contributed by atoms with Gasteiger partial charge in [0.25, 0.3) is 0 Å². The van der Waals surface area contributed by atoms with Crippen molar-refractivity contribution in [2.45, 2.75) is 25.2 Å². The van der Waals surface area contributed by atoms with Gasteiger partial charge in [-0.1, -0.05) is 18.2 Å². The molecule has 0 aliphatic carbocycles. The first-order chi connectivity index (χ1) is 8.97. The maximum absolute atomic E-state index is 12.4. The highest BCUT2D eigenvalue weighted by Gasteiger charge is 2.33. The number of nitrogens with two attached hydrogens (primary N) is 1. The number of hydrogen-bond donors (Lipinski definition) is 2. The van der Waals surface area contributed by atoms with Crippen LogP contribution >= 0.6 is 12.4 Å². The van der Waals surface area contributed by atoms with Crippen molar-refractivity contribution in [1.82, 2.24) is 5.32 Å². The number of benzene rings is 1. The Morgan fingerprint density at radius 3 is 2.40 bits per heavy atom. The largest absolute Gasteiger partial charge is 0.573 e. The summed E-state index contributed by atoms with van der Waals surface area (Å²) in [5, 5.41) is 3.21. The number of piperidine rings is 1. The van der Waals surface area contributed by atoms with E-state index in [2.05, 4.69) is 10.1 Å². The molecule has 0 bridgehead atoms. The molecule has 1 saturated heterocycles. The molecular weight excluding hydrogens is 293 g/mol. The van der Waals surface area contributed by atoms with Crippen molar-refractivity contribution in [3.8, 4) is 5.75 Å². The van der Waals surface area contributed by atoms with Gasteiger partial charge < -0.3 is 15.8 Å². The summed E-state index contributed by atoms with van der Waals surface area (Å²) in [7, 11) is 0. The first kappa shape index (κ1) is 17.1. The SMILES string of the molecule is Cl.N[C@@H](c1ccccc1OC(F)(F)F)C1CCNCC1. The van der Waals surface area contributed by atoms with E-state index in [0.29, 0.717) is 5.56 Å². The van der Waals surface area contributed by atoms with Gasteiger partial charge in [-0.15, -0.1) is 25.6 Å². The predicted molar refractivity (Wildman–Crippen MR) is 72.9 cm³/mol. The van der Waals surface area contributed by atoms with Crippen LogP contribution < -0.4 is 15.8 Å².